The zero-order valence-corrected chi connectivity index (χ0v) is 9.52. The molecule has 0 radical (unpaired) electrons. The first-order valence-corrected chi connectivity index (χ1v) is 6.29. The zero-order chi connectivity index (χ0) is 12.6. The van der Waals surface area contributed by atoms with Crippen LogP contribution in [0.4, 0.5) is 15.5 Å². The lowest BCUT2D eigenvalue weighted by atomic mass is 10.4. The molecule has 1 unspecified atom stereocenters. The Kier molecular flexibility index (Phi) is 2.74. The zero-order valence-electron chi connectivity index (χ0n) is 8.71. The third-order valence-electron chi connectivity index (χ3n) is 2.52. The Balaban J connectivity index is 2.28. The summed E-state index contributed by atoms with van der Waals surface area (Å²) in [6, 6.07) is 4.64. The Morgan fingerprint density at radius 2 is 2.18 bits per heavy atom. The smallest absolute Gasteiger partial charge is 0.307 e. The summed E-state index contributed by atoms with van der Waals surface area (Å²) in [6.07, 6.45) is -0.366. The van der Waals surface area contributed by atoms with Crippen LogP contribution in [0.5, 0.6) is 0 Å². The first-order chi connectivity index (χ1) is 7.88. The number of hydrogen-bond donors (Lipinski definition) is 1. The number of pyridine rings is 1. The molecule has 1 aliphatic rings. The maximum Gasteiger partial charge on any atom is 0.307 e. The van der Waals surface area contributed by atoms with Gasteiger partial charge in [0.2, 0.25) is 5.91 Å². The van der Waals surface area contributed by atoms with Crippen LogP contribution in [0.3, 0.4) is 0 Å². The summed E-state index contributed by atoms with van der Waals surface area (Å²) in [6.45, 7) is -0.228. The molecule has 1 aromatic rings. The highest BCUT2D eigenvalue weighted by Crippen LogP contribution is 2.24. The van der Waals surface area contributed by atoms with Crippen LogP contribution in [0.1, 0.15) is 6.42 Å². The molecular formula is C9H10FN3O3S. The number of halogens is 1. The topological polar surface area (TPSA) is 93.4 Å². The summed E-state index contributed by atoms with van der Waals surface area (Å²) < 4.78 is 34.2. The van der Waals surface area contributed by atoms with E-state index in [1.165, 1.54) is 12.1 Å². The van der Waals surface area contributed by atoms with Crippen molar-refractivity contribution in [3.63, 3.8) is 0 Å². The second kappa shape index (κ2) is 3.95. The second-order valence-corrected chi connectivity index (χ2v) is 5.34. The Morgan fingerprint density at radius 3 is 2.71 bits per heavy atom. The van der Waals surface area contributed by atoms with Crippen molar-refractivity contribution < 1.29 is 17.1 Å². The number of nitrogens with two attached hydrogens (primary N) is 1. The molecule has 1 fully saturated rings. The van der Waals surface area contributed by atoms with Crippen molar-refractivity contribution in [3.05, 3.63) is 18.2 Å². The van der Waals surface area contributed by atoms with Crippen molar-refractivity contribution in [2.45, 2.75) is 11.7 Å². The molecule has 8 heteroatoms. The number of rotatable bonds is 2. The van der Waals surface area contributed by atoms with Gasteiger partial charge in [-0.1, -0.05) is 6.07 Å². The van der Waals surface area contributed by atoms with E-state index in [9.17, 15) is 17.1 Å². The number of aromatic nitrogens is 1. The molecule has 1 amide bonds. The Morgan fingerprint density at radius 1 is 1.47 bits per heavy atom. The van der Waals surface area contributed by atoms with Crippen LogP contribution >= 0.6 is 0 Å². The number of hydrogen-bond acceptors (Lipinski definition) is 5. The average molecular weight is 259 g/mol. The molecule has 1 aliphatic heterocycles. The van der Waals surface area contributed by atoms with Crippen LogP contribution in [0.25, 0.3) is 0 Å². The van der Waals surface area contributed by atoms with E-state index in [0.717, 1.165) is 4.90 Å². The van der Waals surface area contributed by atoms with Crippen LogP contribution in [-0.2, 0) is 15.0 Å². The van der Waals surface area contributed by atoms with E-state index >= 15 is 0 Å². The van der Waals surface area contributed by atoms with Crippen molar-refractivity contribution >= 4 is 27.8 Å². The standard InChI is InChI=1S/C9H10FN3O3S/c10-17(15,16)6-4-9(14)13(5-6)8-3-1-2-7(11)12-8/h1-3,6H,4-5H2,(H2,11,12). The molecule has 0 spiro atoms. The van der Waals surface area contributed by atoms with Crippen molar-refractivity contribution in [2.24, 2.45) is 0 Å². The molecule has 2 rings (SSSR count). The van der Waals surface area contributed by atoms with Crippen LogP contribution in [-0.4, -0.2) is 31.1 Å². The number of carbonyl (C=O) groups excluding carboxylic acids is 1. The van der Waals surface area contributed by atoms with Crippen LogP contribution in [0.2, 0.25) is 0 Å². The van der Waals surface area contributed by atoms with Gasteiger partial charge in [-0.05, 0) is 12.1 Å². The molecule has 0 bridgehead atoms. The van der Waals surface area contributed by atoms with Gasteiger partial charge in [-0.25, -0.2) is 4.98 Å². The number of anilines is 2. The third kappa shape index (κ3) is 2.36. The maximum atomic E-state index is 12.8. The van der Waals surface area contributed by atoms with Gasteiger partial charge >= 0.3 is 10.2 Å². The van der Waals surface area contributed by atoms with Gasteiger partial charge in [-0.2, -0.15) is 8.42 Å². The number of nitrogen functional groups attached to an aromatic ring is 1. The minimum absolute atomic E-state index is 0.210. The van der Waals surface area contributed by atoms with Gasteiger partial charge in [0.15, 0.2) is 0 Å². The number of carbonyl (C=O) groups is 1. The van der Waals surface area contributed by atoms with Gasteiger partial charge in [0, 0.05) is 13.0 Å². The Bertz CT molecular complexity index is 560. The van der Waals surface area contributed by atoms with Crippen molar-refractivity contribution in [3.8, 4) is 0 Å². The molecule has 1 atom stereocenters. The van der Waals surface area contributed by atoms with E-state index in [-0.39, 0.29) is 24.6 Å². The minimum atomic E-state index is -4.71. The van der Waals surface area contributed by atoms with Crippen molar-refractivity contribution in [2.75, 3.05) is 17.2 Å². The minimum Gasteiger partial charge on any atom is -0.384 e. The lowest BCUT2D eigenvalue weighted by Crippen LogP contribution is -2.27. The van der Waals surface area contributed by atoms with E-state index in [1.54, 1.807) is 6.07 Å². The van der Waals surface area contributed by atoms with Gasteiger partial charge in [0.1, 0.15) is 16.9 Å². The van der Waals surface area contributed by atoms with E-state index < -0.39 is 21.4 Å². The largest absolute Gasteiger partial charge is 0.384 e. The molecular weight excluding hydrogens is 249 g/mol. The van der Waals surface area contributed by atoms with Gasteiger partial charge in [0.25, 0.3) is 0 Å². The van der Waals surface area contributed by atoms with Crippen molar-refractivity contribution in [1.29, 1.82) is 0 Å². The highest BCUT2D eigenvalue weighted by Gasteiger charge is 2.39. The maximum absolute atomic E-state index is 12.8. The van der Waals surface area contributed by atoms with E-state index in [2.05, 4.69) is 4.98 Å². The quantitative estimate of drug-likeness (QED) is 0.758. The molecule has 0 aliphatic carbocycles. The van der Waals surface area contributed by atoms with Crippen molar-refractivity contribution in [1.82, 2.24) is 4.98 Å². The molecule has 2 N–H and O–H groups in total. The molecule has 6 nitrogen and oxygen atoms in total. The fourth-order valence-electron chi connectivity index (χ4n) is 1.67. The van der Waals surface area contributed by atoms with Crippen LogP contribution in [0.15, 0.2) is 18.2 Å². The van der Waals surface area contributed by atoms with E-state index in [4.69, 9.17) is 5.73 Å². The summed E-state index contributed by atoms with van der Waals surface area (Å²) in [5, 5.41) is -1.32. The summed E-state index contributed by atoms with van der Waals surface area (Å²) in [5.74, 6) is -0.0302. The monoisotopic (exact) mass is 259 g/mol. The predicted molar refractivity (Wildman–Crippen MR) is 59.4 cm³/mol. The fraction of sp³-hybridized carbons (Fsp3) is 0.333. The van der Waals surface area contributed by atoms with Crippen LogP contribution in [0, 0.1) is 0 Å². The van der Waals surface area contributed by atoms with E-state index in [0.29, 0.717) is 0 Å². The normalized spacial score (nSPS) is 20.9. The second-order valence-electron chi connectivity index (χ2n) is 3.73. The van der Waals surface area contributed by atoms with Gasteiger partial charge in [-0.3, -0.25) is 9.69 Å². The summed E-state index contributed by atoms with van der Waals surface area (Å²) in [4.78, 5) is 16.6. The Labute approximate surface area is 97.5 Å². The predicted octanol–water partition coefficient (Wildman–Crippen LogP) is 0.0684. The highest BCUT2D eigenvalue weighted by atomic mass is 32.3. The van der Waals surface area contributed by atoms with Gasteiger partial charge in [0.05, 0.1) is 0 Å². The lowest BCUT2D eigenvalue weighted by molar-refractivity contribution is -0.117. The molecule has 0 aromatic carbocycles. The van der Waals surface area contributed by atoms with E-state index in [1.807, 2.05) is 0 Å². The molecule has 0 saturated carbocycles. The van der Waals surface area contributed by atoms with Gasteiger partial charge in [-0.15, -0.1) is 3.89 Å². The molecule has 2 heterocycles. The average Bonchev–Trinajstić information content (AvgIpc) is 2.60. The molecule has 17 heavy (non-hydrogen) atoms. The van der Waals surface area contributed by atoms with Crippen LogP contribution < -0.4 is 10.6 Å². The highest BCUT2D eigenvalue weighted by molar-refractivity contribution is 7.87. The molecule has 1 saturated heterocycles. The Hall–Kier alpha value is -1.70. The third-order valence-corrected chi connectivity index (χ3v) is 3.63. The molecule has 1 aromatic heterocycles. The lowest BCUT2D eigenvalue weighted by Gasteiger charge is -2.14. The first-order valence-electron chi connectivity index (χ1n) is 4.84. The SMILES string of the molecule is Nc1cccc(N2CC(S(=O)(=O)F)CC2=O)n1. The summed E-state index contributed by atoms with van der Waals surface area (Å²) >= 11 is 0. The van der Waals surface area contributed by atoms with Gasteiger partial charge < -0.3 is 5.73 Å². The molecule has 92 valence electrons. The summed E-state index contributed by atoms with van der Waals surface area (Å²) in [5.41, 5.74) is 5.45. The fourth-order valence-corrected chi connectivity index (χ4v) is 2.34. The summed E-state index contributed by atoms with van der Waals surface area (Å²) in [7, 11) is -4.71. The number of amides is 1. The first kappa shape index (κ1) is 11.8. The number of nitrogens with zero attached hydrogens (tertiary/aromatic N) is 2.